The van der Waals surface area contributed by atoms with Crippen LogP contribution in [0.15, 0.2) is 67.1 Å². The van der Waals surface area contributed by atoms with Crippen molar-refractivity contribution in [2.45, 2.75) is 18.9 Å². The van der Waals surface area contributed by atoms with Gasteiger partial charge in [-0.25, -0.2) is 9.97 Å². The lowest BCUT2D eigenvalue weighted by atomic mass is 10.1. The number of amides is 2. The topological polar surface area (TPSA) is 79.6 Å². The second-order valence-electron chi connectivity index (χ2n) is 7.83. The van der Waals surface area contributed by atoms with E-state index in [-0.39, 0.29) is 11.8 Å². The minimum atomic E-state index is -0.556. The van der Waals surface area contributed by atoms with Crippen LogP contribution in [0.3, 0.4) is 0 Å². The van der Waals surface area contributed by atoms with Gasteiger partial charge in [-0.3, -0.25) is 14.0 Å². The van der Waals surface area contributed by atoms with E-state index in [0.717, 1.165) is 17.7 Å². The van der Waals surface area contributed by atoms with Gasteiger partial charge < -0.3 is 10.2 Å². The number of nitrogens with zero attached hydrogens (tertiary/aromatic N) is 4. The van der Waals surface area contributed by atoms with Crippen molar-refractivity contribution < 1.29 is 9.59 Å². The summed E-state index contributed by atoms with van der Waals surface area (Å²) in [5, 5.41) is 3.69. The molecule has 0 aliphatic carbocycles. The molecule has 4 aromatic rings. The minimum Gasteiger partial charge on any atom is -0.327 e. The zero-order valence-corrected chi connectivity index (χ0v) is 18.9. The van der Waals surface area contributed by atoms with Gasteiger partial charge in [-0.05, 0) is 49.2 Å². The van der Waals surface area contributed by atoms with E-state index in [1.54, 1.807) is 29.3 Å². The predicted molar refractivity (Wildman–Crippen MR) is 128 cm³/mol. The summed E-state index contributed by atoms with van der Waals surface area (Å²) in [5.41, 5.74) is 2.72. The third kappa shape index (κ3) is 4.42. The van der Waals surface area contributed by atoms with E-state index in [0.29, 0.717) is 40.0 Å². The first-order valence-electron chi connectivity index (χ1n) is 10.5. The number of aromatic nitrogens is 3. The van der Waals surface area contributed by atoms with Crippen LogP contribution in [0.5, 0.6) is 0 Å². The smallest absolute Gasteiger partial charge is 0.254 e. The fraction of sp³-hybridized carbons (Fsp3) is 0.167. The van der Waals surface area contributed by atoms with Crippen LogP contribution in [-0.2, 0) is 4.79 Å². The zero-order chi connectivity index (χ0) is 22.9. The zero-order valence-electron chi connectivity index (χ0n) is 17.4. The second kappa shape index (κ2) is 8.84. The van der Waals surface area contributed by atoms with E-state index in [1.165, 1.54) is 0 Å². The van der Waals surface area contributed by atoms with E-state index in [4.69, 9.17) is 23.2 Å². The predicted octanol–water partition coefficient (Wildman–Crippen LogP) is 4.95. The number of benzene rings is 2. The standard InChI is InChI=1S/C24H19Cl2N5O2/c25-17-11-16(12-18(26)13-17)23(33)31-10-1-3-21(31)22(32)28-19-6-4-15(5-7-19)20-14-30-9-2-8-27-24(30)29-20/h2,4-9,11-14,21H,1,3,10H2,(H,28,32). The molecule has 7 nitrogen and oxygen atoms in total. The highest BCUT2D eigenvalue weighted by molar-refractivity contribution is 6.35. The number of likely N-dealkylation sites (tertiary alicyclic amines) is 1. The van der Waals surface area contributed by atoms with E-state index < -0.39 is 6.04 Å². The number of imidazole rings is 1. The van der Waals surface area contributed by atoms with Crippen molar-refractivity contribution in [1.82, 2.24) is 19.3 Å². The third-order valence-electron chi connectivity index (χ3n) is 5.61. The Bertz CT molecular complexity index is 1300. The average Bonchev–Trinajstić information content (AvgIpc) is 3.46. The number of nitrogens with one attached hydrogen (secondary N) is 1. The Hall–Kier alpha value is -3.42. The van der Waals surface area contributed by atoms with Crippen molar-refractivity contribution in [1.29, 1.82) is 0 Å². The quantitative estimate of drug-likeness (QED) is 0.449. The maximum absolute atomic E-state index is 13.0. The molecule has 1 aliphatic heterocycles. The van der Waals surface area contributed by atoms with Gasteiger partial charge in [0.25, 0.3) is 5.91 Å². The van der Waals surface area contributed by atoms with Gasteiger partial charge in [-0.2, -0.15) is 0 Å². The summed E-state index contributed by atoms with van der Waals surface area (Å²) in [7, 11) is 0. The summed E-state index contributed by atoms with van der Waals surface area (Å²) < 4.78 is 1.85. The molecule has 2 aromatic heterocycles. The highest BCUT2D eigenvalue weighted by atomic mass is 35.5. The first-order chi connectivity index (χ1) is 16.0. The molecule has 1 fully saturated rings. The van der Waals surface area contributed by atoms with Gasteiger partial charge in [0, 0.05) is 52.0 Å². The lowest BCUT2D eigenvalue weighted by Crippen LogP contribution is -2.43. The van der Waals surface area contributed by atoms with Crippen molar-refractivity contribution in [2.75, 3.05) is 11.9 Å². The third-order valence-corrected chi connectivity index (χ3v) is 6.05. The SMILES string of the molecule is O=C(Nc1ccc(-c2cn3cccnc3n2)cc1)C1CCCN1C(=O)c1cc(Cl)cc(Cl)c1. The molecular weight excluding hydrogens is 461 g/mol. The Balaban J connectivity index is 1.29. The van der Waals surface area contributed by atoms with Gasteiger partial charge in [0.2, 0.25) is 11.7 Å². The van der Waals surface area contributed by atoms with Crippen LogP contribution in [0.2, 0.25) is 10.0 Å². The number of anilines is 1. The molecule has 1 saturated heterocycles. The van der Waals surface area contributed by atoms with Crippen molar-refractivity contribution in [3.63, 3.8) is 0 Å². The summed E-state index contributed by atoms with van der Waals surface area (Å²) in [6.45, 7) is 0.502. The van der Waals surface area contributed by atoms with E-state index in [2.05, 4.69) is 15.3 Å². The number of halogens is 2. The van der Waals surface area contributed by atoms with E-state index >= 15 is 0 Å². The van der Waals surface area contributed by atoms with Gasteiger partial charge in [0.1, 0.15) is 6.04 Å². The summed E-state index contributed by atoms with van der Waals surface area (Å²) in [6.07, 6.45) is 6.83. The Kier molecular flexibility index (Phi) is 5.74. The Labute approximate surface area is 200 Å². The van der Waals surface area contributed by atoms with Crippen LogP contribution in [-0.4, -0.2) is 43.7 Å². The molecule has 1 unspecified atom stereocenters. The number of carbonyl (C=O) groups is 2. The maximum atomic E-state index is 13.0. The molecule has 5 rings (SSSR count). The number of hydrogen-bond donors (Lipinski definition) is 1. The molecule has 9 heteroatoms. The van der Waals surface area contributed by atoms with Crippen molar-refractivity contribution in [2.24, 2.45) is 0 Å². The van der Waals surface area contributed by atoms with Crippen molar-refractivity contribution in [3.05, 3.63) is 82.7 Å². The summed E-state index contributed by atoms with van der Waals surface area (Å²) in [4.78, 5) is 36.3. The van der Waals surface area contributed by atoms with Gasteiger partial charge in [0.05, 0.1) is 5.69 Å². The fourth-order valence-electron chi connectivity index (χ4n) is 4.04. The molecule has 1 N–H and O–H groups in total. The van der Waals surface area contributed by atoms with E-state index in [9.17, 15) is 9.59 Å². The lowest BCUT2D eigenvalue weighted by molar-refractivity contribution is -0.119. The maximum Gasteiger partial charge on any atom is 0.254 e. The minimum absolute atomic E-state index is 0.223. The second-order valence-corrected chi connectivity index (χ2v) is 8.71. The van der Waals surface area contributed by atoms with Gasteiger partial charge >= 0.3 is 0 Å². The number of rotatable bonds is 4. The van der Waals surface area contributed by atoms with Crippen LogP contribution >= 0.6 is 23.2 Å². The van der Waals surface area contributed by atoms with Gasteiger partial charge in [-0.15, -0.1) is 0 Å². The molecule has 2 amide bonds. The molecule has 0 spiro atoms. The van der Waals surface area contributed by atoms with Crippen molar-refractivity contribution >= 4 is 46.5 Å². The molecule has 0 bridgehead atoms. The van der Waals surface area contributed by atoms with E-state index in [1.807, 2.05) is 47.1 Å². The molecule has 3 heterocycles. The number of hydrogen-bond acceptors (Lipinski definition) is 4. The fourth-order valence-corrected chi connectivity index (χ4v) is 4.57. The summed E-state index contributed by atoms with van der Waals surface area (Å²) in [6, 6.07) is 13.4. The largest absolute Gasteiger partial charge is 0.327 e. The van der Waals surface area contributed by atoms with Crippen LogP contribution in [0.4, 0.5) is 5.69 Å². The van der Waals surface area contributed by atoms with Gasteiger partial charge in [0.15, 0.2) is 0 Å². The van der Waals surface area contributed by atoms with Crippen LogP contribution in [0.1, 0.15) is 23.2 Å². The highest BCUT2D eigenvalue weighted by Crippen LogP contribution is 2.26. The Morgan fingerprint density at radius 1 is 1.06 bits per heavy atom. The lowest BCUT2D eigenvalue weighted by Gasteiger charge is -2.24. The first-order valence-corrected chi connectivity index (χ1v) is 11.2. The molecule has 0 saturated carbocycles. The summed E-state index contributed by atoms with van der Waals surface area (Å²) >= 11 is 12.1. The molecule has 33 heavy (non-hydrogen) atoms. The Morgan fingerprint density at radius 3 is 2.55 bits per heavy atom. The molecule has 1 atom stereocenters. The normalized spacial score (nSPS) is 15.7. The molecule has 2 aromatic carbocycles. The van der Waals surface area contributed by atoms with Crippen LogP contribution in [0.25, 0.3) is 17.0 Å². The first kappa shape index (κ1) is 21.4. The number of fused-ring (bicyclic) bond motifs is 1. The monoisotopic (exact) mass is 479 g/mol. The Morgan fingerprint density at radius 2 is 1.82 bits per heavy atom. The average molecular weight is 480 g/mol. The highest BCUT2D eigenvalue weighted by Gasteiger charge is 2.34. The van der Waals surface area contributed by atoms with Crippen LogP contribution < -0.4 is 5.32 Å². The van der Waals surface area contributed by atoms with Crippen LogP contribution in [0, 0.1) is 0 Å². The molecule has 0 radical (unpaired) electrons. The van der Waals surface area contributed by atoms with Gasteiger partial charge in [-0.1, -0.05) is 35.3 Å². The van der Waals surface area contributed by atoms with Crippen molar-refractivity contribution in [3.8, 4) is 11.3 Å². The molecule has 1 aliphatic rings. The molecule has 166 valence electrons. The molecular formula is C24H19Cl2N5O2. The summed E-state index contributed by atoms with van der Waals surface area (Å²) in [5.74, 6) is 0.142. The number of carbonyl (C=O) groups excluding carboxylic acids is 2.